The van der Waals surface area contributed by atoms with Crippen LogP contribution in [0.3, 0.4) is 0 Å². The lowest BCUT2D eigenvalue weighted by Gasteiger charge is -2.22. The zero-order valence-corrected chi connectivity index (χ0v) is 12.3. The molecule has 2 N–H and O–H groups in total. The fourth-order valence-corrected chi connectivity index (χ4v) is 2.07. The molecule has 1 saturated carbocycles. The van der Waals surface area contributed by atoms with E-state index in [9.17, 15) is 9.18 Å². The van der Waals surface area contributed by atoms with Crippen LogP contribution in [0.5, 0.6) is 5.75 Å². The highest BCUT2D eigenvalue weighted by Crippen LogP contribution is 2.28. The van der Waals surface area contributed by atoms with Crippen molar-refractivity contribution in [1.82, 2.24) is 4.90 Å². The lowest BCUT2D eigenvalue weighted by atomic mass is 10.3. The fourth-order valence-electron chi connectivity index (χ4n) is 2.07. The van der Waals surface area contributed by atoms with E-state index in [1.165, 1.54) is 17.0 Å². The zero-order valence-electron chi connectivity index (χ0n) is 12.3. The summed E-state index contributed by atoms with van der Waals surface area (Å²) in [4.78, 5) is 13.6. The molecule has 0 bridgehead atoms. The minimum atomic E-state index is -0.541. The number of nitrogens with zero attached hydrogens (tertiary/aromatic N) is 1. The molecule has 1 fully saturated rings. The van der Waals surface area contributed by atoms with Gasteiger partial charge < -0.3 is 20.1 Å². The Morgan fingerprint density at radius 3 is 2.76 bits per heavy atom. The van der Waals surface area contributed by atoms with Gasteiger partial charge in [0.1, 0.15) is 11.6 Å². The molecule has 0 aliphatic heterocycles. The molecular weight excluding hydrogens is 275 g/mol. The van der Waals surface area contributed by atoms with Gasteiger partial charge in [0.05, 0.1) is 18.4 Å². The number of hydrogen-bond acceptors (Lipinski definition) is 3. The van der Waals surface area contributed by atoms with E-state index in [0.717, 1.165) is 12.8 Å². The summed E-state index contributed by atoms with van der Waals surface area (Å²) in [5, 5.41) is 11.5. The maximum atomic E-state index is 14.0. The van der Waals surface area contributed by atoms with Crippen molar-refractivity contribution in [3.05, 3.63) is 24.0 Å². The highest BCUT2D eigenvalue weighted by molar-refractivity contribution is 5.90. The molecule has 0 atom stereocenters. The molecule has 5 nitrogen and oxygen atoms in total. The van der Waals surface area contributed by atoms with E-state index in [-0.39, 0.29) is 37.0 Å². The van der Waals surface area contributed by atoms with Gasteiger partial charge in [-0.15, -0.1) is 0 Å². The number of ether oxygens (including phenoxy) is 1. The van der Waals surface area contributed by atoms with Crippen LogP contribution in [0.1, 0.15) is 26.7 Å². The van der Waals surface area contributed by atoms with E-state index in [1.54, 1.807) is 6.07 Å². The van der Waals surface area contributed by atoms with Gasteiger partial charge in [-0.3, -0.25) is 0 Å². The first-order valence-corrected chi connectivity index (χ1v) is 7.16. The number of carbonyl (C=O) groups is 1. The summed E-state index contributed by atoms with van der Waals surface area (Å²) in [5.74, 6) is -0.115. The predicted molar refractivity (Wildman–Crippen MR) is 78.0 cm³/mol. The van der Waals surface area contributed by atoms with Gasteiger partial charge in [-0.1, -0.05) is 0 Å². The quantitative estimate of drug-likeness (QED) is 0.848. The maximum Gasteiger partial charge on any atom is 0.322 e. The Labute approximate surface area is 123 Å². The summed E-state index contributed by atoms with van der Waals surface area (Å²) in [5.41, 5.74) is 0.111. The van der Waals surface area contributed by atoms with E-state index >= 15 is 0 Å². The lowest BCUT2D eigenvalue weighted by Crippen LogP contribution is -2.38. The first-order chi connectivity index (χ1) is 10.0. The molecule has 116 valence electrons. The van der Waals surface area contributed by atoms with Gasteiger partial charge in [-0.2, -0.15) is 0 Å². The maximum absolute atomic E-state index is 14.0. The number of nitrogens with one attached hydrogen (secondary N) is 1. The molecule has 1 aromatic carbocycles. The van der Waals surface area contributed by atoms with E-state index in [0.29, 0.717) is 5.75 Å². The molecule has 2 amide bonds. The molecule has 0 saturated heterocycles. The number of hydrogen-bond donors (Lipinski definition) is 2. The molecule has 1 aliphatic rings. The summed E-state index contributed by atoms with van der Waals surface area (Å²) < 4.78 is 19.4. The summed E-state index contributed by atoms with van der Waals surface area (Å²) in [7, 11) is 0. The molecule has 0 radical (unpaired) electrons. The Kier molecular flexibility index (Phi) is 5.01. The summed E-state index contributed by atoms with van der Waals surface area (Å²) >= 11 is 0. The normalized spacial score (nSPS) is 14.1. The fraction of sp³-hybridized carbons (Fsp3) is 0.533. The van der Waals surface area contributed by atoms with Gasteiger partial charge in [0, 0.05) is 18.7 Å². The van der Waals surface area contributed by atoms with E-state index in [4.69, 9.17) is 9.84 Å². The number of aliphatic hydroxyl groups is 1. The second kappa shape index (κ2) is 6.76. The van der Waals surface area contributed by atoms with Gasteiger partial charge in [-0.05, 0) is 38.8 Å². The molecule has 0 heterocycles. The van der Waals surface area contributed by atoms with Crippen molar-refractivity contribution >= 4 is 11.7 Å². The largest absolute Gasteiger partial charge is 0.491 e. The monoisotopic (exact) mass is 296 g/mol. The van der Waals surface area contributed by atoms with Crippen LogP contribution in [-0.4, -0.2) is 41.3 Å². The number of rotatable bonds is 6. The lowest BCUT2D eigenvalue weighted by molar-refractivity contribution is 0.185. The Morgan fingerprint density at radius 2 is 2.24 bits per heavy atom. The first kappa shape index (κ1) is 15.6. The number of anilines is 1. The van der Waals surface area contributed by atoms with Crippen LogP contribution in [0.2, 0.25) is 0 Å². The topological polar surface area (TPSA) is 61.8 Å². The highest BCUT2D eigenvalue weighted by atomic mass is 19.1. The number of urea groups is 1. The number of aliphatic hydroxyl groups excluding tert-OH is 1. The van der Waals surface area contributed by atoms with E-state index in [1.807, 2.05) is 13.8 Å². The second-order valence-corrected chi connectivity index (χ2v) is 5.39. The molecule has 1 aliphatic carbocycles. The molecule has 6 heteroatoms. The summed E-state index contributed by atoms with van der Waals surface area (Å²) in [6.07, 6.45) is 1.81. The summed E-state index contributed by atoms with van der Waals surface area (Å²) in [6, 6.07) is 4.12. The molecular formula is C15H21FN2O3. The number of carbonyl (C=O) groups excluding carboxylic acids is 1. The van der Waals surface area contributed by atoms with Crippen molar-refractivity contribution in [3.63, 3.8) is 0 Å². The van der Waals surface area contributed by atoms with Crippen LogP contribution in [0.25, 0.3) is 0 Å². The van der Waals surface area contributed by atoms with Crippen LogP contribution in [0.15, 0.2) is 18.2 Å². The Hall–Kier alpha value is -1.82. The van der Waals surface area contributed by atoms with Crippen molar-refractivity contribution in [3.8, 4) is 5.75 Å². The first-order valence-electron chi connectivity index (χ1n) is 7.16. The van der Waals surface area contributed by atoms with Crippen molar-refractivity contribution in [1.29, 1.82) is 0 Å². The van der Waals surface area contributed by atoms with Crippen molar-refractivity contribution in [2.24, 2.45) is 0 Å². The molecule has 0 aromatic heterocycles. The van der Waals surface area contributed by atoms with Crippen LogP contribution >= 0.6 is 0 Å². The van der Waals surface area contributed by atoms with Gasteiger partial charge >= 0.3 is 6.03 Å². The molecule has 1 aromatic rings. The summed E-state index contributed by atoms with van der Waals surface area (Å²) in [6.45, 7) is 3.87. The minimum absolute atomic E-state index is 0.0419. The molecule has 0 spiro atoms. The molecule has 2 rings (SSSR count). The third-order valence-corrected chi connectivity index (χ3v) is 3.14. The van der Waals surface area contributed by atoms with Crippen molar-refractivity contribution in [2.45, 2.75) is 38.8 Å². The molecule has 21 heavy (non-hydrogen) atoms. The Bertz CT molecular complexity index is 504. The van der Waals surface area contributed by atoms with E-state index in [2.05, 4.69) is 5.32 Å². The highest BCUT2D eigenvalue weighted by Gasteiger charge is 2.32. The van der Waals surface area contributed by atoms with Gasteiger partial charge in [-0.25, -0.2) is 9.18 Å². The van der Waals surface area contributed by atoms with Gasteiger partial charge in [0.25, 0.3) is 0 Å². The second-order valence-electron chi connectivity index (χ2n) is 5.39. The third-order valence-electron chi connectivity index (χ3n) is 3.14. The van der Waals surface area contributed by atoms with Crippen LogP contribution < -0.4 is 10.1 Å². The van der Waals surface area contributed by atoms with Gasteiger partial charge in [0.15, 0.2) is 0 Å². The van der Waals surface area contributed by atoms with Crippen LogP contribution in [0, 0.1) is 5.82 Å². The van der Waals surface area contributed by atoms with Crippen LogP contribution in [0.4, 0.5) is 14.9 Å². The Balaban J connectivity index is 2.02. The average Bonchev–Trinajstić information content (AvgIpc) is 3.22. The smallest absolute Gasteiger partial charge is 0.322 e. The SMILES string of the molecule is CC(C)Oc1ccc(NC(=O)N(CCO)C2CC2)c(F)c1. The van der Waals surface area contributed by atoms with E-state index < -0.39 is 5.82 Å². The number of benzene rings is 1. The zero-order chi connectivity index (χ0) is 15.4. The molecule has 0 unspecified atom stereocenters. The van der Waals surface area contributed by atoms with Crippen molar-refractivity contribution < 1.29 is 19.0 Å². The van der Waals surface area contributed by atoms with Crippen molar-refractivity contribution in [2.75, 3.05) is 18.5 Å². The van der Waals surface area contributed by atoms with Crippen LogP contribution in [-0.2, 0) is 0 Å². The standard InChI is InChI=1S/C15H21FN2O3/c1-10(2)21-12-5-6-14(13(16)9-12)17-15(20)18(7-8-19)11-3-4-11/h5-6,9-11,19H,3-4,7-8H2,1-2H3,(H,17,20). The number of amides is 2. The predicted octanol–water partition coefficient (Wildman–Crippen LogP) is 2.60. The average molecular weight is 296 g/mol. The number of halogens is 1. The third kappa shape index (κ3) is 4.32. The van der Waals surface area contributed by atoms with Gasteiger partial charge in [0.2, 0.25) is 0 Å². The Morgan fingerprint density at radius 1 is 1.52 bits per heavy atom. The minimum Gasteiger partial charge on any atom is -0.491 e.